The summed E-state index contributed by atoms with van der Waals surface area (Å²) in [6.45, 7) is 3.79. The molecule has 0 bridgehead atoms. The number of phenolic OH excluding ortho intramolecular Hbond substituents is 1. The van der Waals surface area contributed by atoms with Crippen LogP contribution in [0.1, 0.15) is 28.4 Å². The predicted molar refractivity (Wildman–Crippen MR) is 47.6 cm³/mol. The summed E-state index contributed by atoms with van der Waals surface area (Å²) in [5.74, 6) is 0.262. The van der Waals surface area contributed by atoms with E-state index in [0.717, 1.165) is 23.8 Å². The van der Waals surface area contributed by atoms with Gasteiger partial charge in [-0.05, 0) is 36.6 Å². The van der Waals surface area contributed by atoms with Crippen molar-refractivity contribution in [2.75, 3.05) is 0 Å². The third kappa shape index (κ3) is 1.33. The Labute approximate surface area is 71.8 Å². The Morgan fingerprint density at radius 3 is 2.67 bits per heavy atom. The van der Waals surface area contributed by atoms with Gasteiger partial charge in [0.2, 0.25) is 0 Å². The molecule has 0 saturated carbocycles. The fraction of sp³-hybridized carbons (Fsp3) is 0.300. The lowest BCUT2D eigenvalue weighted by atomic mass is 10.00. The number of aldehydes is 1. The van der Waals surface area contributed by atoms with Crippen LogP contribution in [0, 0.1) is 6.92 Å². The van der Waals surface area contributed by atoms with Gasteiger partial charge in [-0.3, -0.25) is 4.79 Å². The molecule has 0 fully saturated rings. The number of benzene rings is 1. The van der Waals surface area contributed by atoms with Gasteiger partial charge in [0, 0.05) is 5.56 Å². The zero-order valence-corrected chi connectivity index (χ0v) is 7.29. The number of rotatable bonds is 2. The largest absolute Gasteiger partial charge is 0.508 e. The summed E-state index contributed by atoms with van der Waals surface area (Å²) in [5, 5.41) is 9.34. The van der Waals surface area contributed by atoms with E-state index in [9.17, 15) is 9.90 Å². The first-order chi connectivity index (χ1) is 5.70. The van der Waals surface area contributed by atoms with E-state index < -0.39 is 0 Å². The Kier molecular flexibility index (Phi) is 2.48. The zero-order valence-electron chi connectivity index (χ0n) is 7.29. The van der Waals surface area contributed by atoms with E-state index >= 15 is 0 Å². The van der Waals surface area contributed by atoms with Gasteiger partial charge in [0.15, 0.2) is 0 Å². The Morgan fingerprint density at radius 2 is 2.17 bits per heavy atom. The molecule has 2 heteroatoms. The average molecular weight is 164 g/mol. The molecule has 0 amide bonds. The molecular formula is C10H12O2. The Balaban J connectivity index is 3.35. The van der Waals surface area contributed by atoms with Gasteiger partial charge in [0.25, 0.3) is 0 Å². The molecule has 0 unspecified atom stereocenters. The number of carbonyl (C=O) groups is 1. The van der Waals surface area contributed by atoms with E-state index in [1.54, 1.807) is 12.1 Å². The van der Waals surface area contributed by atoms with Crippen LogP contribution in [-0.2, 0) is 6.42 Å². The highest BCUT2D eigenvalue weighted by molar-refractivity contribution is 5.78. The normalized spacial score (nSPS) is 9.83. The average Bonchev–Trinajstić information content (AvgIpc) is 2.09. The van der Waals surface area contributed by atoms with Crippen molar-refractivity contribution in [3.8, 4) is 5.75 Å². The van der Waals surface area contributed by atoms with Crippen LogP contribution in [0.5, 0.6) is 5.75 Å². The van der Waals surface area contributed by atoms with E-state index in [2.05, 4.69) is 0 Å². The molecule has 0 aliphatic heterocycles. The summed E-state index contributed by atoms with van der Waals surface area (Å²) in [7, 11) is 0. The quantitative estimate of drug-likeness (QED) is 0.679. The molecule has 1 rings (SSSR count). The second-order valence-corrected chi connectivity index (χ2v) is 2.75. The van der Waals surface area contributed by atoms with Crippen molar-refractivity contribution in [2.45, 2.75) is 20.3 Å². The van der Waals surface area contributed by atoms with Gasteiger partial charge >= 0.3 is 0 Å². The Hall–Kier alpha value is -1.31. The standard InChI is InChI=1S/C10H12O2/c1-3-9-7(2)10(12)5-4-8(9)6-11/h4-6,12H,3H2,1-2H3. The van der Waals surface area contributed by atoms with Crippen molar-refractivity contribution < 1.29 is 9.90 Å². The van der Waals surface area contributed by atoms with Gasteiger partial charge in [-0.1, -0.05) is 6.92 Å². The van der Waals surface area contributed by atoms with Crippen molar-refractivity contribution in [3.63, 3.8) is 0 Å². The number of phenols is 1. The van der Waals surface area contributed by atoms with Crippen LogP contribution in [0.2, 0.25) is 0 Å². The molecule has 2 nitrogen and oxygen atoms in total. The molecule has 1 aromatic carbocycles. The number of carbonyl (C=O) groups excluding carboxylic acids is 1. The summed E-state index contributed by atoms with van der Waals surface area (Å²) in [6.07, 6.45) is 1.60. The molecule has 0 aliphatic carbocycles. The van der Waals surface area contributed by atoms with Crippen molar-refractivity contribution in [2.24, 2.45) is 0 Å². The van der Waals surface area contributed by atoms with E-state index in [4.69, 9.17) is 0 Å². The highest BCUT2D eigenvalue weighted by Crippen LogP contribution is 2.22. The molecule has 0 heterocycles. The molecular weight excluding hydrogens is 152 g/mol. The van der Waals surface area contributed by atoms with Crippen LogP contribution in [-0.4, -0.2) is 11.4 Å². The van der Waals surface area contributed by atoms with Crippen LogP contribution >= 0.6 is 0 Å². The summed E-state index contributed by atoms with van der Waals surface area (Å²) in [6, 6.07) is 3.20. The van der Waals surface area contributed by atoms with Crippen molar-refractivity contribution in [1.82, 2.24) is 0 Å². The van der Waals surface area contributed by atoms with E-state index in [1.807, 2.05) is 13.8 Å². The molecule has 0 aromatic heterocycles. The van der Waals surface area contributed by atoms with Crippen molar-refractivity contribution >= 4 is 6.29 Å². The maximum atomic E-state index is 10.6. The summed E-state index contributed by atoms with van der Waals surface area (Å²) in [5.41, 5.74) is 2.42. The second-order valence-electron chi connectivity index (χ2n) is 2.75. The van der Waals surface area contributed by atoms with Crippen LogP contribution in [0.25, 0.3) is 0 Å². The molecule has 0 radical (unpaired) electrons. The van der Waals surface area contributed by atoms with E-state index in [1.165, 1.54) is 0 Å². The predicted octanol–water partition coefficient (Wildman–Crippen LogP) is 2.08. The molecule has 64 valence electrons. The number of hydrogen-bond donors (Lipinski definition) is 1. The van der Waals surface area contributed by atoms with E-state index in [0.29, 0.717) is 5.56 Å². The minimum Gasteiger partial charge on any atom is -0.508 e. The lowest BCUT2D eigenvalue weighted by Gasteiger charge is -2.07. The maximum Gasteiger partial charge on any atom is 0.150 e. The third-order valence-electron chi connectivity index (χ3n) is 2.09. The topological polar surface area (TPSA) is 37.3 Å². The monoisotopic (exact) mass is 164 g/mol. The van der Waals surface area contributed by atoms with Crippen LogP contribution in [0.4, 0.5) is 0 Å². The Bertz CT molecular complexity index is 303. The van der Waals surface area contributed by atoms with Crippen molar-refractivity contribution in [1.29, 1.82) is 0 Å². The highest BCUT2D eigenvalue weighted by Gasteiger charge is 2.06. The number of hydrogen-bond acceptors (Lipinski definition) is 2. The highest BCUT2D eigenvalue weighted by atomic mass is 16.3. The fourth-order valence-electron chi connectivity index (χ4n) is 1.35. The molecule has 1 N–H and O–H groups in total. The van der Waals surface area contributed by atoms with Crippen molar-refractivity contribution in [3.05, 3.63) is 28.8 Å². The van der Waals surface area contributed by atoms with Gasteiger partial charge in [0.1, 0.15) is 12.0 Å². The minimum absolute atomic E-state index is 0.262. The summed E-state index contributed by atoms with van der Waals surface area (Å²) in [4.78, 5) is 10.6. The molecule has 0 aliphatic rings. The molecule has 12 heavy (non-hydrogen) atoms. The fourth-order valence-corrected chi connectivity index (χ4v) is 1.35. The molecule has 0 saturated heterocycles. The first kappa shape index (κ1) is 8.78. The van der Waals surface area contributed by atoms with Gasteiger partial charge in [-0.15, -0.1) is 0 Å². The molecule has 1 aromatic rings. The first-order valence-electron chi connectivity index (χ1n) is 3.97. The minimum atomic E-state index is 0.262. The van der Waals surface area contributed by atoms with Crippen LogP contribution < -0.4 is 0 Å². The van der Waals surface area contributed by atoms with Gasteiger partial charge in [-0.2, -0.15) is 0 Å². The van der Waals surface area contributed by atoms with Gasteiger partial charge < -0.3 is 5.11 Å². The smallest absolute Gasteiger partial charge is 0.150 e. The molecule has 0 atom stereocenters. The van der Waals surface area contributed by atoms with Crippen LogP contribution in [0.3, 0.4) is 0 Å². The van der Waals surface area contributed by atoms with Gasteiger partial charge in [0.05, 0.1) is 0 Å². The lowest BCUT2D eigenvalue weighted by molar-refractivity contribution is 0.112. The molecule has 0 spiro atoms. The summed E-state index contributed by atoms with van der Waals surface area (Å²) >= 11 is 0. The Morgan fingerprint density at radius 1 is 1.50 bits per heavy atom. The zero-order chi connectivity index (χ0) is 9.14. The number of aromatic hydroxyl groups is 1. The third-order valence-corrected chi connectivity index (χ3v) is 2.09. The lowest BCUT2D eigenvalue weighted by Crippen LogP contribution is -1.94. The SMILES string of the molecule is CCc1c(C=O)ccc(O)c1C. The van der Waals surface area contributed by atoms with E-state index in [-0.39, 0.29) is 5.75 Å². The van der Waals surface area contributed by atoms with Crippen LogP contribution in [0.15, 0.2) is 12.1 Å². The second kappa shape index (κ2) is 3.39. The van der Waals surface area contributed by atoms with Gasteiger partial charge in [-0.25, -0.2) is 0 Å². The maximum absolute atomic E-state index is 10.6. The first-order valence-corrected chi connectivity index (χ1v) is 3.97. The summed E-state index contributed by atoms with van der Waals surface area (Å²) < 4.78 is 0.